The van der Waals surface area contributed by atoms with Gasteiger partial charge in [-0.1, -0.05) is 19.1 Å². The van der Waals surface area contributed by atoms with Gasteiger partial charge >= 0.3 is 0 Å². The first kappa shape index (κ1) is 20.4. The van der Waals surface area contributed by atoms with Crippen molar-refractivity contribution in [2.45, 2.75) is 39.7 Å². The van der Waals surface area contributed by atoms with Crippen LogP contribution in [0.2, 0.25) is 0 Å². The van der Waals surface area contributed by atoms with Crippen molar-refractivity contribution in [2.75, 3.05) is 7.11 Å². The Labute approximate surface area is 150 Å². The molecule has 0 heterocycles. The Morgan fingerprint density at radius 2 is 2.00 bits per heavy atom. The van der Waals surface area contributed by atoms with Gasteiger partial charge in [-0.2, -0.15) is 0 Å². The highest BCUT2D eigenvalue weighted by molar-refractivity contribution is 6.04. The third-order valence-electron chi connectivity index (χ3n) is 3.29. The zero-order chi connectivity index (χ0) is 18.9. The molecule has 0 atom stereocenters. The minimum atomic E-state index is -0.126. The quantitative estimate of drug-likeness (QED) is 0.326. The Bertz CT molecular complexity index is 695. The number of para-hydroxylation sites is 1. The summed E-state index contributed by atoms with van der Waals surface area (Å²) in [5.74, 6) is 0.713. The highest BCUT2D eigenvalue weighted by Gasteiger charge is 2.09. The minimum absolute atomic E-state index is 0.126. The van der Waals surface area contributed by atoms with E-state index in [0.717, 1.165) is 11.3 Å². The number of ether oxygens (including phenoxy) is 1. The maximum atomic E-state index is 11.5. The zero-order valence-electron chi connectivity index (χ0n) is 15.6. The van der Waals surface area contributed by atoms with E-state index in [1.54, 1.807) is 19.4 Å². The first-order valence-electron chi connectivity index (χ1n) is 8.20. The molecule has 5 nitrogen and oxygen atoms in total. The van der Waals surface area contributed by atoms with Crippen molar-refractivity contribution in [3.63, 3.8) is 0 Å². The van der Waals surface area contributed by atoms with Crippen molar-refractivity contribution in [3.05, 3.63) is 53.4 Å². The lowest BCUT2D eigenvalue weighted by molar-refractivity contribution is -0.104. The molecule has 0 aliphatic rings. The Balaban J connectivity index is 3.25. The maximum absolute atomic E-state index is 11.5. The number of aldehydes is 1. The van der Waals surface area contributed by atoms with Gasteiger partial charge in [0.05, 0.1) is 12.8 Å². The number of nitrogens with one attached hydrogen (secondary N) is 2. The van der Waals surface area contributed by atoms with Crippen LogP contribution >= 0.6 is 0 Å². The maximum Gasteiger partial charge on any atom is 0.168 e. The molecular weight excluding hydrogens is 314 g/mol. The number of carbonyl (C=O) groups is 1. The van der Waals surface area contributed by atoms with Gasteiger partial charge in [-0.15, -0.1) is 0 Å². The highest BCUT2D eigenvalue weighted by atomic mass is 16.5. The van der Waals surface area contributed by atoms with Crippen LogP contribution in [0, 0.1) is 5.41 Å². The number of nitrogens with zero attached hydrogens (tertiary/aromatic N) is 1. The molecule has 0 saturated heterocycles. The average Bonchev–Trinajstić information content (AvgIpc) is 2.60. The van der Waals surface area contributed by atoms with Crippen LogP contribution in [0.1, 0.15) is 39.7 Å². The smallest absolute Gasteiger partial charge is 0.168 e. The Morgan fingerprint density at radius 3 is 2.52 bits per heavy atom. The molecule has 2 N–H and O–H groups in total. The minimum Gasteiger partial charge on any atom is -0.496 e. The molecule has 0 radical (unpaired) electrons. The lowest BCUT2D eigenvalue weighted by Gasteiger charge is -2.19. The molecule has 0 fully saturated rings. The standard InChI is InChI=1S/C20H27N3O2/c1-6-18(17-9-7-8-10-19(17)25-5)23-16(14-24)11-15(12-21)13-22-20(2,3)4/h7-14,21-22H,6H2,1-5H3/b15-13-,16-11-,21-12?,23-18+. The molecule has 134 valence electrons. The average molecular weight is 341 g/mol. The lowest BCUT2D eigenvalue weighted by Crippen LogP contribution is -2.31. The summed E-state index contributed by atoms with van der Waals surface area (Å²) < 4.78 is 5.38. The Kier molecular flexibility index (Phi) is 7.79. The molecule has 0 amide bonds. The Hall–Kier alpha value is -2.69. The van der Waals surface area contributed by atoms with E-state index in [4.69, 9.17) is 10.1 Å². The van der Waals surface area contributed by atoms with Crippen LogP contribution in [0.25, 0.3) is 0 Å². The van der Waals surface area contributed by atoms with Gasteiger partial charge in [0.25, 0.3) is 0 Å². The molecule has 0 aliphatic carbocycles. The summed E-state index contributed by atoms with van der Waals surface area (Å²) in [6.07, 6.45) is 5.83. The second-order valence-electron chi connectivity index (χ2n) is 6.48. The molecule has 0 bridgehead atoms. The highest BCUT2D eigenvalue weighted by Crippen LogP contribution is 2.20. The van der Waals surface area contributed by atoms with Gasteiger partial charge in [-0.25, -0.2) is 4.99 Å². The SMILES string of the molecule is CC\C(=N/C(C=O)=C\C(C=N)=C\NC(C)(C)C)c1ccccc1OC. The molecule has 0 aromatic heterocycles. The number of rotatable bonds is 8. The monoisotopic (exact) mass is 341 g/mol. The number of hydrogen-bond acceptors (Lipinski definition) is 5. The van der Waals surface area contributed by atoms with Crippen molar-refractivity contribution < 1.29 is 9.53 Å². The summed E-state index contributed by atoms with van der Waals surface area (Å²) in [5.41, 5.74) is 2.31. The van der Waals surface area contributed by atoms with Crippen molar-refractivity contribution in [1.82, 2.24) is 5.32 Å². The van der Waals surface area contributed by atoms with Gasteiger partial charge < -0.3 is 15.5 Å². The van der Waals surface area contributed by atoms with Crippen molar-refractivity contribution in [2.24, 2.45) is 4.99 Å². The second kappa shape index (κ2) is 9.57. The summed E-state index contributed by atoms with van der Waals surface area (Å²) in [6, 6.07) is 7.57. The summed E-state index contributed by atoms with van der Waals surface area (Å²) in [6.45, 7) is 8.03. The largest absolute Gasteiger partial charge is 0.496 e. The summed E-state index contributed by atoms with van der Waals surface area (Å²) in [5, 5.41) is 10.7. The normalized spacial score (nSPS) is 13.4. The van der Waals surface area contributed by atoms with Crippen LogP contribution in [-0.4, -0.2) is 30.9 Å². The van der Waals surface area contributed by atoms with E-state index < -0.39 is 0 Å². The summed E-state index contributed by atoms with van der Waals surface area (Å²) in [7, 11) is 1.61. The zero-order valence-corrected chi connectivity index (χ0v) is 15.6. The predicted molar refractivity (Wildman–Crippen MR) is 104 cm³/mol. The number of methoxy groups -OCH3 is 1. The third kappa shape index (κ3) is 6.75. The van der Waals surface area contributed by atoms with Crippen LogP contribution in [0.5, 0.6) is 5.75 Å². The lowest BCUT2D eigenvalue weighted by atomic mass is 10.1. The fourth-order valence-electron chi connectivity index (χ4n) is 2.06. The van der Waals surface area contributed by atoms with E-state index in [-0.39, 0.29) is 11.2 Å². The van der Waals surface area contributed by atoms with Crippen LogP contribution < -0.4 is 10.1 Å². The van der Waals surface area contributed by atoms with Gasteiger partial charge in [0, 0.05) is 29.1 Å². The molecule has 1 aromatic carbocycles. The van der Waals surface area contributed by atoms with Gasteiger partial charge in [-0.3, -0.25) is 4.79 Å². The number of allylic oxidation sites excluding steroid dienone is 3. The predicted octanol–water partition coefficient (Wildman–Crippen LogP) is 3.90. The number of benzene rings is 1. The first-order chi connectivity index (χ1) is 11.8. The molecule has 0 saturated carbocycles. The number of carbonyl (C=O) groups excluding carboxylic acids is 1. The van der Waals surface area contributed by atoms with Crippen molar-refractivity contribution >= 4 is 18.2 Å². The van der Waals surface area contributed by atoms with E-state index in [0.29, 0.717) is 24.0 Å². The number of hydrogen-bond donors (Lipinski definition) is 2. The van der Waals surface area contributed by atoms with E-state index in [1.165, 1.54) is 6.21 Å². The molecule has 5 heteroatoms. The van der Waals surface area contributed by atoms with E-state index >= 15 is 0 Å². The second-order valence-corrected chi connectivity index (χ2v) is 6.48. The third-order valence-corrected chi connectivity index (χ3v) is 3.29. The van der Waals surface area contributed by atoms with Gasteiger partial charge in [0.2, 0.25) is 0 Å². The van der Waals surface area contributed by atoms with Crippen LogP contribution in [0.4, 0.5) is 0 Å². The van der Waals surface area contributed by atoms with Crippen LogP contribution in [-0.2, 0) is 4.79 Å². The first-order valence-corrected chi connectivity index (χ1v) is 8.20. The summed E-state index contributed by atoms with van der Waals surface area (Å²) in [4.78, 5) is 15.9. The molecule has 0 spiro atoms. The summed E-state index contributed by atoms with van der Waals surface area (Å²) >= 11 is 0. The fourth-order valence-corrected chi connectivity index (χ4v) is 2.06. The Morgan fingerprint density at radius 1 is 1.32 bits per heavy atom. The van der Waals surface area contributed by atoms with E-state index in [1.807, 2.05) is 52.0 Å². The van der Waals surface area contributed by atoms with Crippen molar-refractivity contribution in [1.29, 1.82) is 5.41 Å². The molecule has 0 unspecified atom stereocenters. The molecule has 25 heavy (non-hydrogen) atoms. The molecule has 0 aliphatic heterocycles. The van der Waals surface area contributed by atoms with Crippen molar-refractivity contribution in [3.8, 4) is 5.75 Å². The molecular formula is C20H27N3O2. The fraction of sp³-hybridized carbons (Fsp3) is 0.350. The molecule has 1 rings (SSSR count). The van der Waals surface area contributed by atoms with Gasteiger partial charge in [0.15, 0.2) is 6.29 Å². The van der Waals surface area contributed by atoms with E-state index in [2.05, 4.69) is 10.3 Å². The topological polar surface area (TPSA) is 74.5 Å². The van der Waals surface area contributed by atoms with Crippen LogP contribution in [0.3, 0.4) is 0 Å². The molecule has 1 aromatic rings. The van der Waals surface area contributed by atoms with E-state index in [9.17, 15) is 4.79 Å². The van der Waals surface area contributed by atoms with Gasteiger partial charge in [0.1, 0.15) is 11.4 Å². The van der Waals surface area contributed by atoms with Gasteiger partial charge in [-0.05, 0) is 45.4 Å². The van der Waals surface area contributed by atoms with Crippen LogP contribution in [0.15, 0.2) is 52.8 Å². The number of aliphatic imine (C=N–C) groups is 1.